The molecule has 0 fully saturated rings. The van der Waals surface area contributed by atoms with Gasteiger partial charge >= 0.3 is 0 Å². The summed E-state index contributed by atoms with van der Waals surface area (Å²) in [6.07, 6.45) is 0.0171. The number of hydrogen-bond acceptors (Lipinski definition) is 3. The van der Waals surface area contributed by atoms with Crippen molar-refractivity contribution in [2.75, 3.05) is 0 Å². The highest BCUT2D eigenvalue weighted by atomic mass is 35.5. The highest BCUT2D eigenvalue weighted by molar-refractivity contribution is 6.30. The van der Waals surface area contributed by atoms with Gasteiger partial charge in [-0.2, -0.15) is 0 Å². The fourth-order valence-electron chi connectivity index (χ4n) is 2.68. The van der Waals surface area contributed by atoms with Crippen molar-refractivity contribution in [2.45, 2.75) is 12.7 Å². The molecule has 4 rings (SSSR count). The molecule has 1 atom stereocenters. The van der Waals surface area contributed by atoms with Gasteiger partial charge in [-0.1, -0.05) is 35.9 Å². The maximum absolute atomic E-state index is 5.97. The number of aromatic nitrogens is 2. The predicted molar refractivity (Wildman–Crippen MR) is 79.3 cm³/mol. The molecule has 2 heterocycles. The van der Waals surface area contributed by atoms with Crippen molar-refractivity contribution < 1.29 is 0 Å². The monoisotopic (exact) mass is 284 g/mol. The van der Waals surface area contributed by atoms with E-state index in [2.05, 4.69) is 26.5 Å². The fourth-order valence-corrected chi connectivity index (χ4v) is 2.80. The smallest absolute Gasteiger partial charge is 0.126 e. The number of halogens is 1. The van der Waals surface area contributed by atoms with Gasteiger partial charge in [0, 0.05) is 5.02 Å². The zero-order chi connectivity index (χ0) is 13.5. The van der Waals surface area contributed by atoms with E-state index in [1.54, 1.807) is 0 Å². The Bertz CT molecular complexity index is 763. The normalized spacial score (nSPS) is 18.1. The number of imidazole rings is 1. The summed E-state index contributed by atoms with van der Waals surface area (Å²) in [5, 5.41) is 0.744. The second kappa shape index (κ2) is 4.59. The van der Waals surface area contributed by atoms with E-state index in [0.29, 0.717) is 6.54 Å². The van der Waals surface area contributed by atoms with Crippen molar-refractivity contribution in [1.29, 1.82) is 0 Å². The first-order valence-electron chi connectivity index (χ1n) is 6.52. The van der Waals surface area contributed by atoms with Gasteiger partial charge in [0.1, 0.15) is 12.0 Å². The first kappa shape index (κ1) is 11.9. The molecule has 100 valence electrons. The number of nitrogens with one attached hydrogen (secondary N) is 2. The molecule has 20 heavy (non-hydrogen) atoms. The molecule has 0 aliphatic carbocycles. The van der Waals surface area contributed by atoms with Gasteiger partial charge in [0.25, 0.3) is 0 Å². The number of para-hydroxylation sites is 2. The zero-order valence-corrected chi connectivity index (χ0v) is 11.4. The maximum Gasteiger partial charge on any atom is 0.126 e. The van der Waals surface area contributed by atoms with Crippen LogP contribution in [0.15, 0.2) is 48.5 Å². The minimum absolute atomic E-state index is 0.0171. The van der Waals surface area contributed by atoms with Crippen LogP contribution in [0.3, 0.4) is 0 Å². The fraction of sp³-hybridized carbons (Fsp3) is 0.133. The molecule has 1 unspecified atom stereocenters. The van der Waals surface area contributed by atoms with Gasteiger partial charge in [0.15, 0.2) is 0 Å². The lowest BCUT2D eigenvalue weighted by Gasteiger charge is -2.28. The number of hydrogen-bond donors (Lipinski definition) is 2. The van der Waals surface area contributed by atoms with Crippen LogP contribution in [0.5, 0.6) is 0 Å². The van der Waals surface area contributed by atoms with E-state index in [1.165, 1.54) is 0 Å². The Hall–Kier alpha value is -1.88. The van der Waals surface area contributed by atoms with Crippen LogP contribution in [-0.4, -0.2) is 9.55 Å². The largest absolute Gasteiger partial charge is 0.305 e. The third kappa shape index (κ3) is 1.81. The number of rotatable bonds is 1. The number of nitrogens with zero attached hydrogens (tertiary/aromatic N) is 2. The molecule has 0 saturated carbocycles. The molecule has 2 N–H and O–H groups in total. The summed E-state index contributed by atoms with van der Waals surface area (Å²) in [4.78, 5) is 4.68. The van der Waals surface area contributed by atoms with E-state index in [1.807, 2.05) is 42.5 Å². The summed E-state index contributed by atoms with van der Waals surface area (Å²) in [7, 11) is 0. The molecule has 0 bridgehead atoms. The van der Waals surface area contributed by atoms with Crippen LogP contribution in [0.25, 0.3) is 11.0 Å². The van der Waals surface area contributed by atoms with Crippen LogP contribution in [0, 0.1) is 0 Å². The van der Waals surface area contributed by atoms with E-state index in [-0.39, 0.29) is 6.17 Å². The molecule has 0 amide bonds. The van der Waals surface area contributed by atoms with E-state index in [4.69, 9.17) is 11.6 Å². The lowest BCUT2D eigenvalue weighted by Crippen LogP contribution is -2.44. The minimum atomic E-state index is 0.0171. The van der Waals surface area contributed by atoms with E-state index in [0.717, 1.165) is 27.4 Å². The van der Waals surface area contributed by atoms with Crippen molar-refractivity contribution >= 4 is 22.6 Å². The Balaban J connectivity index is 1.90. The average Bonchev–Trinajstić information content (AvgIpc) is 2.86. The summed E-state index contributed by atoms with van der Waals surface area (Å²) < 4.78 is 2.23. The molecule has 3 aromatic rings. The topological polar surface area (TPSA) is 41.9 Å². The lowest BCUT2D eigenvalue weighted by molar-refractivity contribution is 0.340. The van der Waals surface area contributed by atoms with Gasteiger partial charge in [-0.05, 0) is 29.8 Å². The second-order valence-electron chi connectivity index (χ2n) is 4.84. The quantitative estimate of drug-likeness (QED) is 0.722. The standard InChI is InChI=1S/C15H13ClN4/c16-11-7-5-10(6-8-11)15-19-17-9-14-18-12-3-1-2-4-13(12)20(14)15/h1-8,15,17,19H,9H2. The molecule has 1 aliphatic rings. The Morgan fingerprint density at radius 3 is 2.75 bits per heavy atom. The summed E-state index contributed by atoms with van der Waals surface area (Å²) in [6.45, 7) is 0.707. The highest BCUT2D eigenvalue weighted by Crippen LogP contribution is 2.26. The molecular weight excluding hydrogens is 272 g/mol. The number of benzene rings is 2. The van der Waals surface area contributed by atoms with Gasteiger partial charge in [-0.3, -0.25) is 0 Å². The maximum atomic E-state index is 5.97. The van der Waals surface area contributed by atoms with Crippen molar-refractivity contribution in [3.8, 4) is 0 Å². The summed E-state index contributed by atoms with van der Waals surface area (Å²) in [5.74, 6) is 1.03. The first-order valence-corrected chi connectivity index (χ1v) is 6.90. The van der Waals surface area contributed by atoms with Crippen molar-refractivity contribution in [3.05, 3.63) is 64.9 Å². The number of fused-ring (bicyclic) bond motifs is 3. The molecule has 1 aliphatic heterocycles. The summed E-state index contributed by atoms with van der Waals surface area (Å²) >= 11 is 5.97. The van der Waals surface area contributed by atoms with Crippen LogP contribution in [0.2, 0.25) is 5.02 Å². The molecular formula is C15H13ClN4. The first-order chi connectivity index (χ1) is 9.83. The Kier molecular flexibility index (Phi) is 2.73. The Morgan fingerprint density at radius 2 is 1.90 bits per heavy atom. The van der Waals surface area contributed by atoms with Gasteiger partial charge in [-0.15, -0.1) is 0 Å². The molecule has 5 heteroatoms. The molecule has 1 aromatic heterocycles. The van der Waals surface area contributed by atoms with Crippen LogP contribution in [0.1, 0.15) is 17.6 Å². The molecule has 0 saturated heterocycles. The van der Waals surface area contributed by atoms with Crippen LogP contribution < -0.4 is 10.9 Å². The van der Waals surface area contributed by atoms with Crippen LogP contribution in [-0.2, 0) is 6.54 Å². The van der Waals surface area contributed by atoms with E-state index in [9.17, 15) is 0 Å². The molecule has 4 nitrogen and oxygen atoms in total. The minimum Gasteiger partial charge on any atom is -0.305 e. The third-order valence-electron chi connectivity index (χ3n) is 3.60. The SMILES string of the molecule is Clc1ccc(C2NNCc3nc4ccccc4n32)cc1. The third-order valence-corrected chi connectivity index (χ3v) is 3.85. The Labute approximate surface area is 121 Å². The van der Waals surface area contributed by atoms with Gasteiger partial charge in [0.2, 0.25) is 0 Å². The van der Waals surface area contributed by atoms with Crippen molar-refractivity contribution in [2.24, 2.45) is 0 Å². The van der Waals surface area contributed by atoms with E-state index < -0.39 is 0 Å². The van der Waals surface area contributed by atoms with Crippen LogP contribution in [0.4, 0.5) is 0 Å². The predicted octanol–water partition coefficient (Wildman–Crippen LogP) is 2.84. The summed E-state index contributed by atoms with van der Waals surface area (Å²) in [5.41, 5.74) is 9.82. The van der Waals surface area contributed by atoms with Crippen molar-refractivity contribution in [1.82, 2.24) is 20.4 Å². The summed E-state index contributed by atoms with van der Waals surface area (Å²) in [6, 6.07) is 16.1. The molecule has 2 aromatic carbocycles. The lowest BCUT2D eigenvalue weighted by atomic mass is 10.1. The molecule has 0 spiro atoms. The second-order valence-corrected chi connectivity index (χ2v) is 5.28. The zero-order valence-electron chi connectivity index (χ0n) is 10.7. The average molecular weight is 285 g/mol. The number of hydrazine groups is 1. The van der Waals surface area contributed by atoms with Gasteiger partial charge in [-0.25, -0.2) is 15.8 Å². The molecule has 0 radical (unpaired) electrons. The van der Waals surface area contributed by atoms with Gasteiger partial charge < -0.3 is 4.57 Å². The van der Waals surface area contributed by atoms with E-state index >= 15 is 0 Å². The Morgan fingerprint density at radius 1 is 1.10 bits per heavy atom. The highest BCUT2D eigenvalue weighted by Gasteiger charge is 2.23. The van der Waals surface area contributed by atoms with Crippen LogP contribution >= 0.6 is 11.6 Å². The van der Waals surface area contributed by atoms with Gasteiger partial charge in [0.05, 0.1) is 17.6 Å². The van der Waals surface area contributed by atoms with Crippen molar-refractivity contribution in [3.63, 3.8) is 0 Å².